The van der Waals surface area contributed by atoms with E-state index in [1.54, 1.807) is 0 Å². The number of aryl methyl sites for hydroxylation is 3. The van der Waals surface area contributed by atoms with Gasteiger partial charge in [0.2, 0.25) is 0 Å². The highest BCUT2D eigenvalue weighted by atomic mass is 16.3. The number of fused-ring (bicyclic) bond motifs is 1. The Hall–Kier alpha value is -1.55. The Morgan fingerprint density at radius 2 is 1.68 bits per heavy atom. The molecule has 2 heterocycles. The largest absolute Gasteiger partial charge is 0.441 e. The van der Waals surface area contributed by atoms with Gasteiger partial charge < -0.3 is 14.6 Å². The first-order valence-corrected chi connectivity index (χ1v) is 6.92. The molecule has 0 radical (unpaired) electrons. The van der Waals surface area contributed by atoms with Crippen LogP contribution in [0.25, 0.3) is 11.1 Å². The Bertz CT molecular complexity index is 624. The minimum Gasteiger partial charge on any atom is -0.441 e. The normalized spacial score (nSPS) is 16.3. The summed E-state index contributed by atoms with van der Waals surface area (Å²) in [5.74, 6) is 0.748. The van der Waals surface area contributed by atoms with E-state index in [4.69, 9.17) is 4.42 Å². The fourth-order valence-corrected chi connectivity index (χ4v) is 3.04. The Labute approximate surface area is 113 Å². The molecule has 0 unspecified atom stereocenters. The summed E-state index contributed by atoms with van der Waals surface area (Å²) in [6, 6.07) is 0. The molecule has 19 heavy (non-hydrogen) atoms. The number of oxazole rings is 1. The van der Waals surface area contributed by atoms with E-state index in [1.165, 1.54) is 22.4 Å². The summed E-state index contributed by atoms with van der Waals surface area (Å²) in [4.78, 5) is 6.99. The van der Waals surface area contributed by atoms with Crippen LogP contribution in [0.5, 0.6) is 0 Å². The molecule has 0 amide bonds. The maximum absolute atomic E-state index is 5.81. The molecule has 3 rings (SSSR count). The molecule has 1 N–H and O–H groups in total. The van der Waals surface area contributed by atoms with Crippen LogP contribution in [0, 0.1) is 27.7 Å². The monoisotopic (exact) mass is 259 g/mol. The van der Waals surface area contributed by atoms with Crippen molar-refractivity contribution in [3.63, 3.8) is 0 Å². The van der Waals surface area contributed by atoms with Gasteiger partial charge in [-0.05, 0) is 31.9 Å². The van der Waals surface area contributed by atoms with Gasteiger partial charge in [0, 0.05) is 44.4 Å². The fraction of sp³-hybridized carbons (Fsp3) is 0.533. The maximum atomic E-state index is 5.81. The number of hydrogen-bond acceptors (Lipinski definition) is 4. The molecule has 0 aliphatic carbocycles. The molecule has 2 aromatic rings. The zero-order valence-electron chi connectivity index (χ0n) is 12.1. The summed E-state index contributed by atoms with van der Waals surface area (Å²) in [6.07, 6.45) is 0. The zero-order chi connectivity index (χ0) is 13.6. The molecule has 102 valence electrons. The minimum atomic E-state index is 0.748. The number of aromatic nitrogens is 1. The lowest BCUT2D eigenvalue weighted by atomic mass is 10.00. The predicted octanol–water partition coefficient (Wildman–Crippen LogP) is 2.47. The average Bonchev–Trinajstić information content (AvgIpc) is 2.80. The van der Waals surface area contributed by atoms with Crippen LogP contribution in [0.2, 0.25) is 0 Å². The molecule has 1 aliphatic heterocycles. The van der Waals surface area contributed by atoms with Gasteiger partial charge in [-0.25, -0.2) is 4.98 Å². The van der Waals surface area contributed by atoms with Crippen LogP contribution in [0.15, 0.2) is 4.42 Å². The second-order valence-corrected chi connectivity index (χ2v) is 5.37. The molecular formula is C15H21N3O. The molecule has 4 heteroatoms. The van der Waals surface area contributed by atoms with Crippen molar-refractivity contribution in [2.75, 3.05) is 31.1 Å². The van der Waals surface area contributed by atoms with Crippen LogP contribution in [0.4, 0.5) is 5.69 Å². The van der Waals surface area contributed by atoms with Crippen molar-refractivity contribution in [1.29, 1.82) is 0 Å². The summed E-state index contributed by atoms with van der Waals surface area (Å²) >= 11 is 0. The summed E-state index contributed by atoms with van der Waals surface area (Å²) in [6.45, 7) is 12.6. The number of anilines is 1. The zero-order valence-corrected chi connectivity index (χ0v) is 12.1. The highest BCUT2D eigenvalue weighted by molar-refractivity contribution is 5.88. The molecule has 0 bridgehead atoms. The van der Waals surface area contributed by atoms with Crippen molar-refractivity contribution in [3.8, 4) is 0 Å². The number of hydrogen-bond donors (Lipinski definition) is 1. The Kier molecular flexibility index (Phi) is 2.97. The van der Waals surface area contributed by atoms with Gasteiger partial charge in [0.15, 0.2) is 11.5 Å². The molecule has 1 aromatic heterocycles. The Morgan fingerprint density at radius 3 is 2.37 bits per heavy atom. The first-order chi connectivity index (χ1) is 9.09. The van der Waals surface area contributed by atoms with Crippen LogP contribution < -0.4 is 10.2 Å². The molecular weight excluding hydrogens is 238 g/mol. The van der Waals surface area contributed by atoms with Gasteiger partial charge in [-0.15, -0.1) is 0 Å². The van der Waals surface area contributed by atoms with E-state index in [1.807, 2.05) is 6.92 Å². The van der Waals surface area contributed by atoms with Crippen molar-refractivity contribution >= 4 is 16.8 Å². The molecule has 1 aromatic carbocycles. The van der Waals surface area contributed by atoms with Gasteiger partial charge in [0.25, 0.3) is 0 Å². The standard InChI is InChI=1S/C15H21N3O/c1-9-10(2)14(18-7-5-16-6-8-18)11(3)15-13(9)17-12(4)19-15/h16H,5-8H2,1-4H3. The van der Waals surface area contributed by atoms with Gasteiger partial charge in [-0.2, -0.15) is 0 Å². The molecule has 1 saturated heterocycles. The molecule has 1 aliphatic rings. The summed E-state index contributed by atoms with van der Waals surface area (Å²) in [5.41, 5.74) is 7.11. The third-order valence-electron chi connectivity index (χ3n) is 4.14. The van der Waals surface area contributed by atoms with Crippen molar-refractivity contribution in [2.45, 2.75) is 27.7 Å². The number of benzene rings is 1. The van der Waals surface area contributed by atoms with Gasteiger partial charge in [-0.1, -0.05) is 0 Å². The summed E-state index contributed by atoms with van der Waals surface area (Å²) in [5, 5.41) is 3.40. The second-order valence-electron chi connectivity index (χ2n) is 5.37. The quantitative estimate of drug-likeness (QED) is 0.854. The SMILES string of the molecule is Cc1nc2c(C)c(C)c(N3CCNCC3)c(C)c2o1. The van der Waals surface area contributed by atoms with Gasteiger partial charge in [0.1, 0.15) is 5.52 Å². The predicted molar refractivity (Wildman–Crippen MR) is 78.0 cm³/mol. The van der Waals surface area contributed by atoms with Crippen molar-refractivity contribution < 1.29 is 4.42 Å². The smallest absolute Gasteiger partial charge is 0.192 e. The van der Waals surface area contributed by atoms with Crippen LogP contribution in [0.3, 0.4) is 0 Å². The van der Waals surface area contributed by atoms with Crippen molar-refractivity contribution in [1.82, 2.24) is 10.3 Å². The van der Waals surface area contributed by atoms with E-state index < -0.39 is 0 Å². The summed E-state index contributed by atoms with van der Waals surface area (Å²) < 4.78 is 5.81. The van der Waals surface area contributed by atoms with Crippen LogP contribution in [-0.4, -0.2) is 31.2 Å². The lowest BCUT2D eigenvalue weighted by Crippen LogP contribution is -2.44. The van der Waals surface area contributed by atoms with Crippen molar-refractivity contribution in [2.24, 2.45) is 0 Å². The van der Waals surface area contributed by atoms with Crippen molar-refractivity contribution in [3.05, 3.63) is 22.6 Å². The molecule has 0 atom stereocenters. The highest BCUT2D eigenvalue weighted by Crippen LogP contribution is 2.35. The van der Waals surface area contributed by atoms with E-state index in [0.29, 0.717) is 0 Å². The van der Waals surface area contributed by atoms with E-state index in [0.717, 1.165) is 43.2 Å². The first-order valence-electron chi connectivity index (χ1n) is 6.92. The maximum Gasteiger partial charge on any atom is 0.192 e. The van der Waals surface area contributed by atoms with Crippen LogP contribution >= 0.6 is 0 Å². The molecule has 4 nitrogen and oxygen atoms in total. The number of nitrogens with zero attached hydrogens (tertiary/aromatic N) is 2. The topological polar surface area (TPSA) is 41.3 Å². The second kappa shape index (κ2) is 4.53. The highest BCUT2D eigenvalue weighted by Gasteiger charge is 2.21. The van der Waals surface area contributed by atoms with Crippen LogP contribution in [-0.2, 0) is 0 Å². The Morgan fingerprint density at radius 1 is 1.00 bits per heavy atom. The molecule has 0 spiro atoms. The summed E-state index contributed by atoms with van der Waals surface area (Å²) in [7, 11) is 0. The van der Waals surface area contributed by atoms with Gasteiger partial charge >= 0.3 is 0 Å². The van der Waals surface area contributed by atoms with E-state index in [-0.39, 0.29) is 0 Å². The number of rotatable bonds is 1. The minimum absolute atomic E-state index is 0.748. The molecule has 1 fully saturated rings. The number of piperazine rings is 1. The lowest BCUT2D eigenvalue weighted by Gasteiger charge is -2.32. The van der Waals surface area contributed by atoms with Gasteiger partial charge in [0.05, 0.1) is 0 Å². The van der Waals surface area contributed by atoms with E-state index in [9.17, 15) is 0 Å². The van der Waals surface area contributed by atoms with E-state index in [2.05, 4.69) is 36.0 Å². The van der Waals surface area contributed by atoms with E-state index >= 15 is 0 Å². The van der Waals surface area contributed by atoms with Crippen LogP contribution in [0.1, 0.15) is 22.6 Å². The molecule has 0 saturated carbocycles. The van der Waals surface area contributed by atoms with Gasteiger partial charge in [-0.3, -0.25) is 0 Å². The fourth-order valence-electron chi connectivity index (χ4n) is 3.04. The third-order valence-corrected chi connectivity index (χ3v) is 4.14. The average molecular weight is 259 g/mol. The lowest BCUT2D eigenvalue weighted by molar-refractivity contribution is 0.557. The first kappa shape index (κ1) is 12.5. The number of nitrogens with one attached hydrogen (secondary N) is 1. The Balaban J connectivity index is 2.23. The third kappa shape index (κ3) is 1.91.